The Hall–Kier alpha value is 0.350. The first-order chi connectivity index (χ1) is 5.49. The quantitative estimate of drug-likeness (QED) is 0.503. The summed E-state index contributed by atoms with van der Waals surface area (Å²) in [4.78, 5) is 0. The first-order valence-electron chi connectivity index (χ1n) is 3.41. The molecule has 0 spiro atoms. The molecule has 1 atom stereocenters. The van der Waals surface area contributed by atoms with Crippen LogP contribution in [0.2, 0.25) is 0 Å². The summed E-state index contributed by atoms with van der Waals surface area (Å²) < 4.78 is 26.0. The normalized spacial score (nSPS) is 14.2. The van der Waals surface area contributed by atoms with E-state index in [-0.39, 0.29) is 0 Å². The molecule has 72 valence electrons. The summed E-state index contributed by atoms with van der Waals surface area (Å²) >= 11 is 6.22. The minimum absolute atomic E-state index is 0.472. The number of hydrogen-bond acceptors (Lipinski definition) is 5. The molecular weight excluding hydrogens is 216 g/mol. The van der Waals surface area contributed by atoms with E-state index in [1.54, 1.807) is 11.8 Å². The average Bonchev–Trinajstić information content (AvgIpc) is 1.95. The van der Waals surface area contributed by atoms with Gasteiger partial charge in [0.15, 0.2) is 0 Å². The zero-order valence-corrected chi connectivity index (χ0v) is 9.47. The van der Waals surface area contributed by atoms with Crippen LogP contribution in [0, 0.1) is 0 Å². The van der Waals surface area contributed by atoms with E-state index >= 15 is 0 Å². The van der Waals surface area contributed by atoms with E-state index in [4.69, 9.17) is 0 Å². The molecule has 0 bridgehead atoms. The summed E-state index contributed by atoms with van der Waals surface area (Å²) in [5.41, 5.74) is 0. The van der Waals surface area contributed by atoms with Crippen LogP contribution in [0.25, 0.3) is 0 Å². The van der Waals surface area contributed by atoms with Crippen LogP contribution in [0.1, 0.15) is 6.92 Å². The molecule has 0 aliphatic rings. The predicted molar refractivity (Wildman–Crippen MR) is 56.4 cm³/mol. The van der Waals surface area contributed by atoms with Gasteiger partial charge in [-0.1, -0.05) is 19.1 Å². The summed E-state index contributed by atoms with van der Waals surface area (Å²) in [6, 6.07) is 0. The van der Waals surface area contributed by atoms with Crippen molar-refractivity contribution in [2.45, 2.75) is 13.0 Å². The van der Waals surface area contributed by atoms with E-state index < -0.39 is 16.2 Å². The van der Waals surface area contributed by atoms with Crippen molar-refractivity contribution in [2.75, 3.05) is 17.8 Å². The zero-order chi connectivity index (χ0) is 9.61. The Labute approximate surface area is 83.0 Å². The van der Waals surface area contributed by atoms with Crippen molar-refractivity contribution >= 4 is 39.5 Å². The van der Waals surface area contributed by atoms with E-state index in [9.17, 15) is 8.42 Å². The molecule has 0 fully saturated rings. The van der Waals surface area contributed by atoms with Crippen molar-refractivity contribution in [1.29, 1.82) is 0 Å². The molecule has 0 aromatic heterocycles. The van der Waals surface area contributed by atoms with Gasteiger partial charge in [-0.25, -0.2) is 0 Å². The lowest BCUT2D eigenvalue weighted by Crippen LogP contribution is -2.20. The number of thiocarbonyl (C=S) groups is 1. The van der Waals surface area contributed by atoms with Crippen LogP contribution in [0.15, 0.2) is 0 Å². The van der Waals surface area contributed by atoms with Crippen LogP contribution >= 0.6 is 24.0 Å². The Kier molecular flexibility index (Phi) is 6.08. The number of rotatable bonds is 6. The molecule has 0 saturated heterocycles. The smallest absolute Gasteiger partial charge is 0.261 e. The Morgan fingerprint density at radius 3 is 2.58 bits per heavy atom. The van der Waals surface area contributed by atoms with Crippen molar-refractivity contribution in [3.8, 4) is 0 Å². The van der Waals surface area contributed by atoms with E-state index in [2.05, 4.69) is 16.4 Å². The number of hydrogen-bond donors (Lipinski definition) is 0. The lowest BCUT2D eigenvalue weighted by molar-refractivity contribution is 0.304. The Balaban J connectivity index is 3.92. The summed E-state index contributed by atoms with van der Waals surface area (Å²) in [5, 5.41) is 1.34. The largest absolute Gasteiger partial charge is 0.265 e. The Morgan fingerprint density at radius 1 is 1.67 bits per heavy atom. The molecule has 0 aliphatic carbocycles. The second kappa shape index (κ2) is 5.90. The van der Waals surface area contributed by atoms with Gasteiger partial charge in [-0.05, 0) is 5.75 Å². The first kappa shape index (κ1) is 12.3. The molecular formula is C6H12O3S3. The minimum Gasteiger partial charge on any atom is -0.261 e. The highest BCUT2D eigenvalue weighted by atomic mass is 32.2. The molecule has 0 aromatic carbocycles. The maximum Gasteiger partial charge on any atom is 0.265 e. The lowest BCUT2D eigenvalue weighted by Gasteiger charge is -2.09. The third kappa shape index (κ3) is 7.02. The molecule has 0 aromatic rings. The SMILES string of the molecule is CCSCC(C=S)OS(C)(=O)=O. The summed E-state index contributed by atoms with van der Waals surface area (Å²) in [5.74, 6) is 1.51. The van der Waals surface area contributed by atoms with Gasteiger partial charge in [-0.2, -0.15) is 20.2 Å². The average molecular weight is 228 g/mol. The van der Waals surface area contributed by atoms with Crippen molar-refractivity contribution < 1.29 is 12.6 Å². The van der Waals surface area contributed by atoms with Gasteiger partial charge in [0.1, 0.15) is 6.10 Å². The molecule has 0 amide bonds. The monoisotopic (exact) mass is 228 g/mol. The summed E-state index contributed by atoms with van der Waals surface area (Å²) in [6.45, 7) is 1.99. The maximum absolute atomic E-state index is 10.7. The fraction of sp³-hybridized carbons (Fsp3) is 0.833. The van der Waals surface area contributed by atoms with Gasteiger partial charge in [-0.3, -0.25) is 4.18 Å². The Bertz CT molecular complexity index is 222. The molecule has 0 aliphatic heterocycles. The van der Waals surface area contributed by atoms with Crippen LogP contribution < -0.4 is 0 Å². The van der Waals surface area contributed by atoms with Crippen molar-refractivity contribution in [2.24, 2.45) is 0 Å². The van der Waals surface area contributed by atoms with Crippen molar-refractivity contribution in [1.82, 2.24) is 0 Å². The molecule has 3 nitrogen and oxygen atoms in total. The van der Waals surface area contributed by atoms with E-state index in [1.165, 1.54) is 5.37 Å². The Morgan fingerprint density at radius 2 is 2.25 bits per heavy atom. The minimum atomic E-state index is -3.38. The van der Waals surface area contributed by atoms with Crippen LogP contribution in [-0.4, -0.2) is 37.7 Å². The highest BCUT2D eigenvalue weighted by Gasteiger charge is 2.11. The highest BCUT2D eigenvalue weighted by Crippen LogP contribution is 2.06. The van der Waals surface area contributed by atoms with E-state index in [0.717, 1.165) is 12.0 Å². The summed E-state index contributed by atoms with van der Waals surface area (Å²) in [6.07, 6.45) is 0.551. The van der Waals surface area contributed by atoms with E-state index in [0.29, 0.717) is 5.75 Å². The fourth-order valence-electron chi connectivity index (χ4n) is 0.548. The summed E-state index contributed by atoms with van der Waals surface area (Å²) in [7, 11) is -3.38. The van der Waals surface area contributed by atoms with Crippen LogP contribution in [0.3, 0.4) is 0 Å². The maximum atomic E-state index is 10.7. The molecule has 0 rings (SSSR count). The van der Waals surface area contributed by atoms with Crippen molar-refractivity contribution in [3.05, 3.63) is 0 Å². The van der Waals surface area contributed by atoms with Gasteiger partial charge in [0, 0.05) is 11.1 Å². The predicted octanol–water partition coefficient (Wildman–Crippen LogP) is 1.08. The highest BCUT2D eigenvalue weighted by molar-refractivity contribution is 7.99. The van der Waals surface area contributed by atoms with Gasteiger partial charge >= 0.3 is 0 Å². The molecule has 6 heteroatoms. The van der Waals surface area contributed by atoms with Crippen LogP contribution in [0.4, 0.5) is 0 Å². The second-order valence-electron chi connectivity index (χ2n) is 2.13. The molecule has 0 radical (unpaired) electrons. The molecule has 1 unspecified atom stereocenters. The topological polar surface area (TPSA) is 43.4 Å². The first-order valence-corrected chi connectivity index (χ1v) is 6.85. The van der Waals surface area contributed by atoms with Crippen LogP contribution in [-0.2, 0) is 14.3 Å². The molecule has 12 heavy (non-hydrogen) atoms. The number of thioether (sulfide) groups is 1. The van der Waals surface area contributed by atoms with Crippen LogP contribution in [0.5, 0.6) is 0 Å². The van der Waals surface area contributed by atoms with Gasteiger partial charge in [0.2, 0.25) is 0 Å². The van der Waals surface area contributed by atoms with Crippen molar-refractivity contribution in [3.63, 3.8) is 0 Å². The molecule has 0 heterocycles. The fourth-order valence-corrected chi connectivity index (χ4v) is 2.18. The second-order valence-corrected chi connectivity index (χ2v) is 5.33. The molecule has 0 N–H and O–H groups in total. The van der Waals surface area contributed by atoms with Gasteiger partial charge in [-0.15, -0.1) is 0 Å². The lowest BCUT2D eigenvalue weighted by atomic mass is 10.5. The van der Waals surface area contributed by atoms with E-state index in [1.807, 2.05) is 6.92 Å². The zero-order valence-electron chi connectivity index (χ0n) is 7.02. The molecule has 0 saturated carbocycles. The van der Waals surface area contributed by atoms with Gasteiger partial charge in [0.25, 0.3) is 10.1 Å². The third-order valence-electron chi connectivity index (χ3n) is 0.936. The van der Waals surface area contributed by atoms with Gasteiger partial charge < -0.3 is 0 Å². The third-order valence-corrected chi connectivity index (χ3v) is 2.81. The standard InChI is InChI=1S/C6H12O3S3/c1-3-11-5-6(4-10)9-12(2,7)8/h4,6H,3,5H2,1-2H3. The van der Waals surface area contributed by atoms with Gasteiger partial charge in [0.05, 0.1) is 6.26 Å².